The van der Waals surface area contributed by atoms with Gasteiger partial charge in [-0.3, -0.25) is 9.69 Å². The highest BCUT2D eigenvalue weighted by Crippen LogP contribution is 2.28. The molecule has 1 aliphatic rings. The number of hydrogen-bond donors (Lipinski definition) is 1. The minimum atomic E-state index is -0.640. The molecule has 2 rings (SSSR count). The van der Waals surface area contributed by atoms with E-state index in [1.54, 1.807) is 0 Å². The van der Waals surface area contributed by atoms with Crippen LogP contribution in [0.1, 0.15) is 42.5 Å². The largest absolute Gasteiger partial charge is 0.481 e. The summed E-state index contributed by atoms with van der Waals surface area (Å²) in [5, 5.41) is 9.04. The average molecular weight is 261 g/mol. The van der Waals surface area contributed by atoms with Crippen molar-refractivity contribution in [3.63, 3.8) is 0 Å². The van der Waals surface area contributed by atoms with Gasteiger partial charge >= 0.3 is 5.97 Å². The van der Waals surface area contributed by atoms with Crippen LogP contribution in [0.25, 0.3) is 0 Å². The van der Waals surface area contributed by atoms with Crippen LogP contribution in [0.3, 0.4) is 0 Å². The predicted molar refractivity (Wildman–Crippen MR) is 76.3 cm³/mol. The third-order valence-corrected chi connectivity index (χ3v) is 4.31. The van der Waals surface area contributed by atoms with E-state index in [-0.39, 0.29) is 5.92 Å². The van der Waals surface area contributed by atoms with Crippen LogP contribution in [0, 0.1) is 19.8 Å². The fourth-order valence-electron chi connectivity index (χ4n) is 2.94. The van der Waals surface area contributed by atoms with Gasteiger partial charge in [-0.15, -0.1) is 0 Å². The number of carbonyl (C=O) groups is 1. The molecule has 1 heterocycles. The summed E-state index contributed by atoms with van der Waals surface area (Å²) < 4.78 is 0. The fraction of sp³-hybridized carbons (Fsp3) is 0.562. The molecule has 1 atom stereocenters. The third-order valence-electron chi connectivity index (χ3n) is 4.31. The van der Waals surface area contributed by atoms with Crippen molar-refractivity contribution in [1.82, 2.24) is 4.90 Å². The minimum Gasteiger partial charge on any atom is -0.481 e. The lowest BCUT2D eigenvalue weighted by molar-refractivity contribution is -0.143. The monoisotopic (exact) mass is 261 g/mol. The van der Waals surface area contributed by atoms with Crippen LogP contribution >= 0.6 is 0 Å². The van der Waals surface area contributed by atoms with Gasteiger partial charge in [-0.1, -0.05) is 23.8 Å². The van der Waals surface area contributed by atoms with E-state index in [4.69, 9.17) is 5.11 Å². The Bertz CT molecular complexity index is 462. The Hall–Kier alpha value is -1.35. The van der Waals surface area contributed by atoms with Gasteiger partial charge in [0, 0.05) is 6.04 Å². The lowest BCUT2D eigenvalue weighted by Crippen LogP contribution is -2.38. The van der Waals surface area contributed by atoms with E-state index >= 15 is 0 Å². The SMILES string of the molecule is Cc1ccc(C)c(C(C)N2CCC(C(=O)O)CC2)c1. The Morgan fingerprint density at radius 2 is 1.95 bits per heavy atom. The molecule has 1 aromatic rings. The molecule has 3 nitrogen and oxygen atoms in total. The summed E-state index contributed by atoms with van der Waals surface area (Å²) in [6.45, 7) is 8.25. The minimum absolute atomic E-state index is 0.151. The van der Waals surface area contributed by atoms with Crippen LogP contribution in [0.15, 0.2) is 18.2 Å². The second-order valence-corrected chi connectivity index (χ2v) is 5.68. The highest BCUT2D eigenvalue weighted by Gasteiger charge is 2.27. The molecule has 19 heavy (non-hydrogen) atoms. The van der Waals surface area contributed by atoms with E-state index < -0.39 is 5.97 Å². The van der Waals surface area contributed by atoms with Crippen LogP contribution in [-0.4, -0.2) is 29.1 Å². The van der Waals surface area contributed by atoms with Crippen LogP contribution in [0.2, 0.25) is 0 Å². The molecule has 0 aliphatic carbocycles. The normalized spacial score (nSPS) is 19.3. The molecule has 1 aromatic carbocycles. The zero-order valence-electron chi connectivity index (χ0n) is 12.0. The second kappa shape index (κ2) is 5.74. The van der Waals surface area contributed by atoms with Crippen molar-refractivity contribution in [2.75, 3.05) is 13.1 Å². The van der Waals surface area contributed by atoms with Crippen molar-refractivity contribution in [2.24, 2.45) is 5.92 Å². The Morgan fingerprint density at radius 1 is 1.32 bits per heavy atom. The molecule has 0 spiro atoms. The summed E-state index contributed by atoms with van der Waals surface area (Å²) >= 11 is 0. The number of hydrogen-bond acceptors (Lipinski definition) is 2. The highest BCUT2D eigenvalue weighted by atomic mass is 16.4. The molecule has 0 aromatic heterocycles. The number of piperidine rings is 1. The van der Waals surface area contributed by atoms with Crippen LogP contribution in [0.5, 0.6) is 0 Å². The number of carboxylic acid groups (broad SMARTS) is 1. The molecule has 0 amide bonds. The molecule has 0 saturated carbocycles. The lowest BCUT2D eigenvalue weighted by Gasteiger charge is -2.35. The van der Waals surface area contributed by atoms with Crippen molar-refractivity contribution in [1.29, 1.82) is 0 Å². The molecule has 1 N–H and O–H groups in total. The van der Waals surface area contributed by atoms with Crippen molar-refractivity contribution < 1.29 is 9.90 Å². The summed E-state index contributed by atoms with van der Waals surface area (Å²) in [5.41, 5.74) is 3.97. The van der Waals surface area contributed by atoms with Gasteiger partial charge in [0.15, 0.2) is 0 Å². The first-order chi connectivity index (χ1) is 8.99. The molecule has 1 fully saturated rings. The number of aliphatic carboxylic acids is 1. The number of aryl methyl sites for hydroxylation is 2. The summed E-state index contributed by atoms with van der Waals surface area (Å²) in [5.74, 6) is -0.791. The van der Waals surface area contributed by atoms with Gasteiger partial charge in [0.05, 0.1) is 5.92 Å². The molecule has 1 saturated heterocycles. The van der Waals surface area contributed by atoms with Gasteiger partial charge in [0.2, 0.25) is 0 Å². The van der Waals surface area contributed by atoms with Crippen molar-refractivity contribution in [3.8, 4) is 0 Å². The molecule has 104 valence electrons. The summed E-state index contributed by atoms with van der Waals surface area (Å²) in [6.07, 6.45) is 1.54. The maximum atomic E-state index is 11.0. The summed E-state index contributed by atoms with van der Waals surface area (Å²) in [4.78, 5) is 13.4. The number of rotatable bonds is 3. The van der Waals surface area contributed by atoms with Gasteiger partial charge in [-0.25, -0.2) is 0 Å². The van der Waals surface area contributed by atoms with Crippen molar-refractivity contribution in [3.05, 3.63) is 34.9 Å². The average Bonchev–Trinajstić information content (AvgIpc) is 2.41. The molecular formula is C16H23NO2. The Balaban J connectivity index is 2.07. The van der Waals surface area contributed by atoms with Gasteiger partial charge in [-0.2, -0.15) is 0 Å². The standard InChI is InChI=1S/C16H23NO2/c1-11-4-5-12(2)15(10-11)13(3)17-8-6-14(7-9-17)16(18)19/h4-5,10,13-14H,6-9H2,1-3H3,(H,18,19). The molecule has 0 radical (unpaired) electrons. The number of carboxylic acids is 1. The topological polar surface area (TPSA) is 40.5 Å². The number of nitrogens with zero attached hydrogens (tertiary/aromatic N) is 1. The van der Waals surface area contributed by atoms with Gasteiger partial charge in [-0.05, 0) is 57.8 Å². The van der Waals surface area contributed by atoms with Gasteiger partial charge in [0.1, 0.15) is 0 Å². The highest BCUT2D eigenvalue weighted by molar-refractivity contribution is 5.70. The van der Waals surface area contributed by atoms with Crippen molar-refractivity contribution >= 4 is 5.97 Å². The molecule has 1 aliphatic heterocycles. The van der Waals surface area contributed by atoms with Crippen LogP contribution < -0.4 is 0 Å². The predicted octanol–water partition coefficient (Wildman–Crippen LogP) is 3.16. The van der Waals surface area contributed by atoms with E-state index in [2.05, 4.69) is 43.9 Å². The van der Waals surface area contributed by atoms with Gasteiger partial charge < -0.3 is 5.11 Å². The van der Waals surface area contributed by atoms with Crippen LogP contribution in [0.4, 0.5) is 0 Å². The maximum Gasteiger partial charge on any atom is 0.306 e. The van der Waals surface area contributed by atoms with E-state index in [0.717, 1.165) is 25.9 Å². The summed E-state index contributed by atoms with van der Waals surface area (Å²) in [7, 11) is 0. The molecule has 0 bridgehead atoms. The molecular weight excluding hydrogens is 238 g/mol. The molecule has 1 unspecified atom stereocenters. The maximum absolute atomic E-state index is 11.0. The van der Waals surface area contributed by atoms with E-state index in [1.165, 1.54) is 16.7 Å². The van der Waals surface area contributed by atoms with Gasteiger partial charge in [0.25, 0.3) is 0 Å². The van der Waals surface area contributed by atoms with E-state index in [0.29, 0.717) is 6.04 Å². The Morgan fingerprint density at radius 3 is 2.53 bits per heavy atom. The first kappa shape index (κ1) is 14.1. The zero-order valence-corrected chi connectivity index (χ0v) is 12.0. The second-order valence-electron chi connectivity index (χ2n) is 5.68. The van der Waals surface area contributed by atoms with E-state index in [9.17, 15) is 4.79 Å². The van der Waals surface area contributed by atoms with Crippen LogP contribution in [-0.2, 0) is 4.79 Å². The Labute approximate surface area is 115 Å². The fourth-order valence-corrected chi connectivity index (χ4v) is 2.94. The number of likely N-dealkylation sites (tertiary alicyclic amines) is 1. The quantitative estimate of drug-likeness (QED) is 0.908. The summed E-state index contributed by atoms with van der Waals surface area (Å²) in [6, 6.07) is 6.94. The first-order valence-corrected chi connectivity index (χ1v) is 7.03. The molecule has 3 heteroatoms. The van der Waals surface area contributed by atoms with Crippen molar-refractivity contribution in [2.45, 2.75) is 39.7 Å². The lowest BCUT2D eigenvalue weighted by atomic mass is 9.93. The Kier molecular flexibility index (Phi) is 4.25. The third kappa shape index (κ3) is 3.16. The zero-order chi connectivity index (χ0) is 14.0. The number of benzene rings is 1. The van der Waals surface area contributed by atoms with E-state index in [1.807, 2.05) is 0 Å². The smallest absolute Gasteiger partial charge is 0.306 e. The first-order valence-electron chi connectivity index (χ1n) is 7.03.